The first-order valence-corrected chi connectivity index (χ1v) is 6.00. The van der Waals surface area contributed by atoms with Crippen LogP contribution in [0.15, 0.2) is 53.6 Å². The molecular weight excluding hydrogens is 275 g/mol. The van der Waals surface area contributed by atoms with Crippen LogP contribution >= 0.6 is 0 Å². The predicted octanol–water partition coefficient (Wildman–Crippen LogP) is 2.12. The Balaban J connectivity index is 1.95. The van der Waals surface area contributed by atoms with Crippen molar-refractivity contribution in [2.24, 2.45) is 10.9 Å². The third kappa shape index (κ3) is 4.59. The van der Waals surface area contributed by atoms with Gasteiger partial charge in [0.15, 0.2) is 0 Å². The number of hydrogen-bond donors (Lipinski definition) is 3. The average molecular weight is 288 g/mol. The summed E-state index contributed by atoms with van der Waals surface area (Å²) in [6, 6.07) is 12.1. The summed E-state index contributed by atoms with van der Waals surface area (Å²) in [5.74, 6) is 5.71. The number of hydrazone groups is 1. The summed E-state index contributed by atoms with van der Waals surface area (Å²) in [4.78, 5) is 10.8. The fourth-order valence-electron chi connectivity index (χ4n) is 1.46. The lowest BCUT2D eigenvalue weighted by molar-refractivity contribution is 0.241. The minimum Gasteiger partial charge on any atom is -0.457 e. The van der Waals surface area contributed by atoms with Crippen LogP contribution in [-0.4, -0.2) is 12.2 Å². The van der Waals surface area contributed by atoms with Gasteiger partial charge < -0.3 is 4.74 Å². The first-order chi connectivity index (χ1) is 10.2. The van der Waals surface area contributed by atoms with Gasteiger partial charge >= 0.3 is 6.03 Å². The summed E-state index contributed by atoms with van der Waals surface area (Å²) in [6.07, 6.45) is 1.46. The fraction of sp³-hybridized carbons (Fsp3) is 0. The maximum Gasteiger partial charge on any atom is 0.349 e. The molecule has 108 valence electrons. The quantitative estimate of drug-likeness (QED) is 0.348. The number of ether oxygens (including phenoxy) is 1. The standard InChI is InChI=1S/C14H13FN4O2/c15-11-3-7-13(8-4-11)21-12-5-1-10(2-6-12)9-17-19-14(20)18-16/h1-9H,16H2,(H2,18,19,20)/b17-9+. The molecule has 0 saturated heterocycles. The Kier molecular flexibility index (Phi) is 4.84. The minimum atomic E-state index is -0.609. The molecule has 0 saturated carbocycles. The molecule has 2 aromatic rings. The number of hydrazine groups is 1. The third-order valence-corrected chi connectivity index (χ3v) is 2.44. The van der Waals surface area contributed by atoms with E-state index in [1.54, 1.807) is 36.4 Å². The van der Waals surface area contributed by atoms with Crippen LogP contribution in [0.25, 0.3) is 0 Å². The van der Waals surface area contributed by atoms with Crippen molar-refractivity contribution in [2.75, 3.05) is 0 Å². The van der Waals surface area contributed by atoms with Gasteiger partial charge in [0.05, 0.1) is 6.21 Å². The predicted molar refractivity (Wildman–Crippen MR) is 76.4 cm³/mol. The van der Waals surface area contributed by atoms with Gasteiger partial charge in [0, 0.05) is 0 Å². The van der Waals surface area contributed by atoms with Crippen LogP contribution in [0.2, 0.25) is 0 Å². The van der Waals surface area contributed by atoms with Crippen LogP contribution in [0.4, 0.5) is 9.18 Å². The lowest BCUT2D eigenvalue weighted by Crippen LogP contribution is -2.37. The molecule has 0 fully saturated rings. The van der Waals surface area contributed by atoms with Crippen molar-refractivity contribution in [1.82, 2.24) is 10.9 Å². The molecule has 4 N–H and O–H groups in total. The van der Waals surface area contributed by atoms with Crippen LogP contribution < -0.4 is 21.4 Å². The number of nitrogens with zero attached hydrogens (tertiary/aromatic N) is 1. The van der Waals surface area contributed by atoms with Gasteiger partial charge in [-0.2, -0.15) is 5.10 Å². The number of benzene rings is 2. The maximum atomic E-state index is 12.8. The number of urea groups is 1. The molecule has 2 amide bonds. The van der Waals surface area contributed by atoms with Crippen LogP contribution in [0, 0.1) is 5.82 Å². The highest BCUT2D eigenvalue weighted by molar-refractivity contribution is 5.81. The molecule has 0 radical (unpaired) electrons. The van der Waals surface area contributed by atoms with Crippen LogP contribution in [0.5, 0.6) is 11.5 Å². The van der Waals surface area contributed by atoms with E-state index in [0.717, 1.165) is 5.56 Å². The highest BCUT2D eigenvalue weighted by atomic mass is 19.1. The van der Waals surface area contributed by atoms with Gasteiger partial charge in [-0.1, -0.05) is 0 Å². The first kappa shape index (κ1) is 14.5. The van der Waals surface area contributed by atoms with E-state index in [1.807, 2.05) is 5.43 Å². The zero-order chi connectivity index (χ0) is 15.1. The molecule has 0 heterocycles. The number of amides is 2. The Morgan fingerprint density at radius 2 is 1.67 bits per heavy atom. The van der Waals surface area contributed by atoms with Crippen molar-refractivity contribution < 1.29 is 13.9 Å². The minimum absolute atomic E-state index is 0.317. The molecule has 6 nitrogen and oxygen atoms in total. The summed E-state index contributed by atoms with van der Waals surface area (Å²) in [5.41, 5.74) is 4.81. The summed E-state index contributed by atoms with van der Waals surface area (Å²) in [7, 11) is 0. The molecule has 0 aromatic heterocycles. The number of carbonyl (C=O) groups is 1. The second-order valence-electron chi connectivity index (χ2n) is 3.97. The molecule has 0 aliphatic heterocycles. The van der Waals surface area contributed by atoms with Crippen molar-refractivity contribution in [1.29, 1.82) is 0 Å². The zero-order valence-electron chi connectivity index (χ0n) is 10.9. The van der Waals surface area contributed by atoms with Crippen LogP contribution in [0.3, 0.4) is 0 Å². The number of nitrogens with one attached hydrogen (secondary N) is 2. The van der Waals surface area contributed by atoms with E-state index >= 15 is 0 Å². The van der Waals surface area contributed by atoms with Crippen LogP contribution in [0.1, 0.15) is 5.56 Å². The SMILES string of the molecule is NNC(=O)N/N=C/c1ccc(Oc2ccc(F)cc2)cc1. The van der Waals surface area contributed by atoms with Gasteiger partial charge in [-0.3, -0.25) is 5.43 Å². The summed E-state index contributed by atoms with van der Waals surface area (Å²) in [5, 5.41) is 3.69. The molecule has 0 aliphatic rings. The number of halogens is 1. The Hall–Kier alpha value is -2.93. The monoisotopic (exact) mass is 288 g/mol. The van der Waals surface area contributed by atoms with Gasteiger partial charge in [-0.25, -0.2) is 20.5 Å². The Morgan fingerprint density at radius 3 is 2.24 bits per heavy atom. The van der Waals surface area contributed by atoms with E-state index in [0.29, 0.717) is 11.5 Å². The van der Waals surface area contributed by atoms with E-state index in [9.17, 15) is 9.18 Å². The largest absolute Gasteiger partial charge is 0.457 e. The molecule has 0 aliphatic carbocycles. The highest BCUT2D eigenvalue weighted by Crippen LogP contribution is 2.21. The smallest absolute Gasteiger partial charge is 0.349 e. The Morgan fingerprint density at radius 1 is 1.10 bits per heavy atom. The summed E-state index contributed by atoms with van der Waals surface area (Å²) >= 11 is 0. The molecule has 0 unspecified atom stereocenters. The lowest BCUT2D eigenvalue weighted by Gasteiger charge is -2.05. The van der Waals surface area contributed by atoms with Crippen molar-refractivity contribution in [3.63, 3.8) is 0 Å². The van der Waals surface area contributed by atoms with Crippen molar-refractivity contribution in [2.45, 2.75) is 0 Å². The van der Waals surface area contributed by atoms with Crippen LogP contribution in [-0.2, 0) is 0 Å². The number of rotatable bonds is 4. The third-order valence-electron chi connectivity index (χ3n) is 2.44. The zero-order valence-corrected chi connectivity index (χ0v) is 10.9. The van der Waals surface area contributed by atoms with Crippen molar-refractivity contribution >= 4 is 12.2 Å². The molecule has 0 bridgehead atoms. The molecule has 2 aromatic carbocycles. The van der Waals surface area contributed by atoms with Gasteiger partial charge in [0.25, 0.3) is 0 Å². The van der Waals surface area contributed by atoms with E-state index in [2.05, 4.69) is 10.5 Å². The normalized spacial score (nSPS) is 10.4. The second-order valence-corrected chi connectivity index (χ2v) is 3.97. The number of nitrogens with two attached hydrogens (primary N) is 1. The van der Waals surface area contributed by atoms with E-state index < -0.39 is 6.03 Å². The fourth-order valence-corrected chi connectivity index (χ4v) is 1.46. The summed E-state index contributed by atoms with van der Waals surface area (Å²) < 4.78 is 18.3. The molecule has 7 heteroatoms. The lowest BCUT2D eigenvalue weighted by atomic mass is 10.2. The number of carbonyl (C=O) groups excluding carboxylic acids is 1. The molecule has 2 rings (SSSR count). The highest BCUT2D eigenvalue weighted by Gasteiger charge is 1.98. The average Bonchev–Trinajstić information content (AvgIpc) is 2.51. The van der Waals surface area contributed by atoms with Gasteiger partial charge in [0.1, 0.15) is 17.3 Å². The topological polar surface area (TPSA) is 88.7 Å². The van der Waals surface area contributed by atoms with Crippen molar-refractivity contribution in [3.8, 4) is 11.5 Å². The van der Waals surface area contributed by atoms with Gasteiger partial charge in [-0.15, -0.1) is 0 Å². The van der Waals surface area contributed by atoms with Gasteiger partial charge in [0.2, 0.25) is 0 Å². The molecular formula is C14H13FN4O2. The Bertz CT molecular complexity index is 626. The van der Waals surface area contributed by atoms with E-state index in [4.69, 9.17) is 10.6 Å². The Labute approximate surface area is 120 Å². The first-order valence-electron chi connectivity index (χ1n) is 6.00. The maximum absolute atomic E-state index is 12.8. The molecule has 0 atom stereocenters. The molecule has 21 heavy (non-hydrogen) atoms. The summed E-state index contributed by atoms with van der Waals surface area (Å²) in [6.45, 7) is 0. The number of hydrogen-bond acceptors (Lipinski definition) is 4. The van der Waals surface area contributed by atoms with Gasteiger partial charge in [-0.05, 0) is 54.1 Å². The van der Waals surface area contributed by atoms with Crippen molar-refractivity contribution in [3.05, 3.63) is 59.9 Å². The van der Waals surface area contributed by atoms with E-state index in [-0.39, 0.29) is 5.82 Å². The molecule has 0 spiro atoms. The second kappa shape index (κ2) is 7.01. The van der Waals surface area contributed by atoms with E-state index in [1.165, 1.54) is 18.3 Å².